The minimum absolute atomic E-state index is 0.0399. The first-order valence-corrected chi connectivity index (χ1v) is 7.47. The third-order valence-electron chi connectivity index (χ3n) is 2.38. The number of hydrogen-bond donors (Lipinski definition) is 2. The number of anilines is 2. The van der Waals surface area contributed by atoms with E-state index in [4.69, 9.17) is 5.73 Å². The standard InChI is InChI=1S/C14H22N2OS/c1-11(2)10-18-9-5-8-14(17)16-13-7-4-3-6-12(13)15/h3-4,6-7,11H,5,8-10,15H2,1-2H3,(H,16,17). The van der Waals surface area contributed by atoms with Crippen molar-refractivity contribution < 1.29 is 4.79 Å². The average molecular weight is 266 g/mol. The van der Waals surface area contributed by atoms with Gasteiger partial charge in [0.15, 0.2) is 0 Å². The second-order valence-electron chi connectivity index (χ2n) is 4.71. The van der Waals surface area contributed by atoms with Gasteiger partial charge in [-0.25, -0.2) is 0 Å². The molecule has 0 aromatic heterocycles. The third-order valence-corrected chi connectivity index (χ3v) is 3.86. The zero-order valence-corrected chi connectivity index (χ0v) is 11.9. The molecular formula is C14H22N2OS. The van der Waals surface area contributed by atoms with Crippen LogP contribution in [0.1, 0.15) is 26.7 Å². The Morgan fingerprint density at radius 2 is 2.11 bits per heavy atom. The van der Waals surface area contributed by atoms with Crippen molar-refractivity contribution in [2.75, 3.05) is 22.6 Å². The van der Waals surface area contributed by atoms with Gasteiger partial charge in [0.1, 0.15) is 0 Å². The lowest BCUT2D eigenvalue weighted by Gasteiger charge is -2.08. The van der Waals surface area contributed by atoms with Crippen molar-refractivity contribution in [1.29, 1.82) is 0 Å². The first-order chi connectivity index (χ1) is 8.59. The molecule has 1 rings (SSSR count). The molecule has 1 aromatic rings. The lowest BCUT2D eigenvalue weighted by atomic mass is 10.2. The smallest absolute Gasteiger partial charge is 0.224 e. The van der Waals surface area contributed by atoms with Crippen molar-refractivity contribution in [3.63, 3.8) is 0 Å². The van der Waals surface area contributed by atoms with Gasteiger partial charge in [-0.2, -0.15) is 11.8 Å². The van der Waals surface area contributed by atoms with E-state index in [1.54, 1.807) is 6.07 Å². The topological polar surface area (TPSA) is 55.1 Å². The number of benzene rings is 1. The fourth-order valence-electron chi connectivity index (χ4n) is 1.48. The number of amides is 1. The van der Waals surface area contributed by atoms with Crippen LogP contribution in [0.25, 0.3) is 0 Å². The number of hydrogen-bond acceptors (Lipinski definition) is 3. The SMILES string of the molecule is CC(C)CSCCCC(=O)Nc1ccccc1N. The van der Waals surface area contributed by atoms with E-state index in [1.807, 2.05) is 30.0 Å². The fourth-order valence-corrected chi connectivity index (χ4v) is 2.46. The maximum absolute atomic E-state index is 11.7. The van der Waals surface area contributed by atoms with E-state index in [0.717, 1.165) is 17.9 Å². The van der Waals surface area contributed by atoms with Crippen molar-refractivity contribution in [2.45, 2.75) is 26.7 Å². The number of thioether (sulfide) groups is 1. The van der Waals surface area contributed by atoms with Gasteiger partial charge in [0.25, 0.3) is 0 Å². The molecule has 0 aliphatic heterocycles. The Labute approximate surface area is 114 Å². The van der Waals surface area contributed by atoms with Gasteiger partial charge in [0.05, 0.1) is 11.4 Å². The molecule has 1 aromatic carbocycles. The summed E-state index contributed by atoms with van der Waals surface area (Å²) in [5.74, 6) is 2.95. The third kappa shape index (κ3) is 5.96. The molecule has 0 saturated carbocycles. The van der Waals surface area contributed by atoms with Gasteiger partial charge in [-0.3, -0.25) is 4.79 Å². The van der Waals surface area contributed by atoms with Gasteiger partial charge in [0.2, 0.25) is 5.91 Å². The lowest BCUT2D eigenvalue weighted by Crippen LogP contribution is -2.12. The van der Waals surface area contributed by atoms with E-state index in [9.17, 15) is 4.79 Å². The van der Waals surface area contributed by atoms with Gasteiger partial charge in [0, 0.05) is 6.42 Å². The van der Waals surface area contributed by atoms with Crippen molar-refractivity contribution in [2.24, 2.45) is 5.92 Å². The molecule has 18 heavy (non-hydrogen) atoms. The highest BCUT2D eigenvalue weighted by Crippen LogP contribution is 2.17. The van der Waals surface area contributed by atoms with E-state index in [2.05, 4.69) is 19.2 Å². The number of nitrogens with one attached hydrogen (secondary N) is 1. The zero-order chi connectivity index (χ0) is 13.4. The highest BCUT2D eigenvalue weighted by atomic mass is 32.2. The predicted octanol–water partition coefficient (Wildman–Crippen LogP) is 3.38. The van der Waals surface area contributed by atoms with Crippen LogP contribution in [0.4, 0.5) is 11.4 Å². The number of nitrogen functional groups attached to an aromatic ring is 1. The molecule has 3 nitrogen and oxygen atoms in total. The van der Waals surface area contributed by atoms with Crippen LogP contribution in [0.15, 0.2) is 24.3 Å². The van der Waals surface area contributed by atoms with Crippen LogP contribution in [0.2, 0.25) is 0 Å². The van der Waals surface area contributed by atoms with E-state index in [1.165, 1.54) is 0 Å². The second kappa shape index (κ2) is 8.03. The summed E-state index contributed by atoms with van der Waals surface area (Å²) in [4.78, 5) is 11.7. The first kappa shape index (κ1) is 14.9. The van der Waals surface area contributed by atoms with E-state index in [-0.39, 0.29) is 5.91 Å². The van der Waals surface area contributed by atoms with Gasteiger partial charge in [-0.05, 0) is 36.0 Å². The normalized spacial score (nSPS) is 10.6. The summed E-state index contributed by atoms with van der Waals surface area (Å²) < 4.78 is 0. The summed E-state index contributed by atoms with van der Waals surface area (Å²) in [6.07, 6.45) is 1.47. The lowest BCUT2D eigenvalue weighted by molar-refractivity contribution is -0.116. The molecule has 0 bridgehead atoms. The van der Waals surface area contributed by atoms with E-state index in [0.29, 0.717) is 23.7 Å². The molecule has 100 valence electrons. The molecule has 0 spiro atoms. The highest BCUT2D eigenvalue weighted by Gasteiger charge is 2.04. The molecule has 0 atom stereocenters. The largest absolute Gasteiger partial charge is 0.397 e. The molecule has 0 saturated heterocycles. The molecule has 0 unspecified atom stereocenters. The molecule has 0 fully saturated rings. The Balaban J connectivity index is 2.20. The number of para-hydroxylation sites is 2. The molecule has 3 N–H and O–H groups in total. The Hall–Kier alpha value is -1.16. The highest BCUT2D eigenvalue weighted by molar-refractivity contribution is 7.99. The first-order valence-electron chi connectivity index (χ1n) is 6.31. The van der Waals surface area contributed by atoms with Crippen LogP contribution >= 0.6 is 11.8 Å². The quantitative estimate of drug-likeness (QED) is 0.587. The second-order valence-corrected chi connectivity index (χ2v) is 5.86. The monoisotopic (exact) mass is 266 g/mol. The maximum Gasteiger partial charge on any atom is 0.224 e. The van der Waals surface area contributed by atoms with Crippen molar-refractivity contribution in [3.05, 3.63) is 24.3 Å². The van der Waals surface area contributed by atoms with Gasteiger partial charge >= 0.3 is 0 Å². The Bertz CT molecular complexity index is 380. The van der Waals surface area contributed by atoms with Crippen LogP contribution < -0.4 is 11.1 Å². The zero-order valence-electron chi connectivity index (χ0n) is 11.1. The molecule has 0 radical (unpaired) electrons. The maximum atomic E-state index is 11.7. The van der Waals surface area contributed by atoms with Crippen molar-refractivity contribution >= 4 is 29.0 Å². The summed E-state index contributed by atoms with van der Waals surface area (Å²) in [6, 6.07) is 7.33. The summed E-state index contributed by atoms with van der Waals surface area (Å²) in [5.41, 5.74) is 7.08. The minimum atomic E-state index is 0.0399. The van der Waals surface area contributed by atoms with Crippen LogP contribution in [-0.4, -0.2) is 17.4 Å². The van der Waals surface area contributed by atoms with Crippen molar-refractivity contribution in [3.8, 4) is 0 Å². The number of nitrogens with two attached hydrogens (primary N) is 1. The van der Waals surface area contributed by atoms with Crippen LogP contribution in [0.3, 0.4) is 0 Å². The average Bonchev–Trinajstić information content (AvgIpc) is 2.31. The molecule has 0 aliphatic carbocycles. The van der Waals surface area contributed by atoms with Crippen LogP contribution in [0, 0.1) is 5.92 Å². The minimum Gasteiger partial charge on any atom is -0.397 e. The predicted molar refractivity (Wildman–Crippen MR) is 80.9 cm³/mol. The van der Waals surface area contributed by atoms with Crippen molar-refractivity contribution in [1.82, 2.24) is 0 Å². The number of rotatable bonds is 7. The number of carbonyl (C=O) groups is 1. The van der Waals surface area contributed by atoms with Crippen LogP contribution in [-0.2, 0) is 4.79 Å². The Morgan fingerprint density at radius 1 is 1.39 bits per heavy atom. The van der Waals surface area contributed by atoms with Crippen LogP contribution in [0.5, 0.6) is 0 Å². The molecular weight excluding hydrogens is 244 g/mol. The van der Waals surface area contributed by atoms with Gasteiger partial charge in [-0.15, -0.1) is 0 Å². The summed E-state index contributed by atoms with van der Waals surface area (Å²) in [5, 5.41) is 2.84. The summed E-state index contributed by atoms with van der Waals surface area (Å²) in [6.45, 7) is 4.41. The van der Waals surface area contributed by atoms with E-state index >= 15 is 0 Å². The molecule has 1 amide bonds. The van der Waals surface area contributed by atoms with Gasteiger partial charge < -0.3 is 11.1 Å². The van der Waals surface area contributed by atoms with Gasteiger partial charge in [-0.1, -0.05) is 26.0 Å². The molecule has 4 heteroatoms. The Kier molecular flexibility index (Phi) is 6.65. The Morgan fingerprint density at radius 3 is 2.78 bits per heavy atom. The molecule has 0 aliphatic rings. The molecule has 0 heterocycles. The van der Waals surface area contributed by atoms with E-state index < -0.39 is 0 Å². The number of carbonyl (C=O) groups excluding carboxylic acids is 1. The fraction of sp³-hybridized carbons (Fsp3) is 0.500. The summed E-state index contributed by atoms with van der Waals surface area (Å²) >= 11 is 1.91. The summed E-state index contributed by atoms with van der Waals surface area (Å²) in [7, 11) is 0.